The van der Waals surface area contributed by atoms with Gasteiger partial charge in [-0.1, -0.05) is 6.08 Å². The van der Waals surface area contributed by atoms with Crippen LogP contribution in [0.1, 0.15) is 36.7 Å². The Balaban J connectivity index is 1.99. The van der Waals surface area contributed by atoms with E-state index in [1.165, 1.54) is 31.2 Å². The maximum Gasteiger partial charge on any atom is 0.253 e. The van der Waals surface area contributed by atoms with Gasteiger partial charge in [0.05, 0.1) is 17.9 Å². The van der Waals surface area contributed by atoms with E-state index < -0.39 is 41.0 Å². The van der Waals surface area contributed by atoms with Crippen molar-refractivity contribution in [1.82, 2.24) is 20.2 Å². The Bertz CT molecular complexity index is 1210. The summed E-state index contributed by atoms with van der Waals surface area (Å²) in [6.07, 6.45) is 3.08. The molecule has 2 unspecified atom stereocenters. The minimum Gasteiger partial charge on any atom is -0.346 e. The highest BCUT2D eigenvalue weighted by Crippen LogP contribution is 2.23. The van der Waals surface area contributed by atoms with Gasteiger partial charge in [0, 0.05) is 29.1 Å². The molecule has 0 saturated heterocycles. The molecule has 3 aromatic rings. The van der Waals surface area contributed by atoms with Crippen LogP contribution in [0, 0.1) is 17.5 Å². The number of nitrogens with one attached hydrogen (secondary N) is 2. The van der Waals surface area contributed by atoms with E-state index in [2.05, 4.69) is 21.9 Å². The van der Waals surface area contributed by atoms with Crippen molar-refractivity contribution in [2.75, 3.05) is 13.6 Å². The van der Waals surface area contributed by atoms with E-state index in [9.17, 15) is 22.8 Å². The third kappa shape index (κ3) is 5.05. The van der Waals surface area contributed by atoms with Crippen molar-refractivity contribution in [3.8, 4) is 0 Å². The fraction of sp³-hybridized carbons (Fsp3) is 0.261. The van der Waals surface area contributed by atoms with E-state index in [1.807, 2.05) is 0 Å². The molecule has 168 valence electrons. The Morgan fingerprint density at radius 1 is 1.25 bits per heavy atom. The number of aromatic nitrogens is 2. The number of carbonyl (C=O) groups excluding carboxylic acids is 1. The second kappa shape index (κ2) is 9.78. The first kappa shape index (κ1) is 23.2. The summed E-state index contributed by atoms with van der Waals surface area (Å²) < 4.78 is 41.0. The van der Waals surface area contributed by atoms with Crippen molar-refractivity contribution in [3.63, 3.8) is 0 Å². The number of hydrogen-bond donors (Lipinski definition) is 2. The predicted molar refractivity (Wildman–Crippen MR) is 115 cm³/mol. The molecule has 3 rings (SSSR count). The largest absolute Gasteiger partial charge is 0.346 e. The molecule has 0 aliphatic rings. The Hall–Kier alpha value is -3.46. The van der Waals surface area contributed by atoms with Crippen LogP contribution in [0.5, 0.6) is 0 Å². The van der Waals surface area contributed by atoms with Gasteiger partial charge in [-0.2, -0.15) is 0 Å². The molecule has 2 N–H and O–H groups in total. The SMILES string of the molecule is C=CCCN(C)C(C(=O)NC(C)c1ncc(F)cc1F)c1cc2cc(F)ccc2[nH]c1=O. The van der Waals surface area contributed by atoms with E-state index in [0.29, 0.717) is 29.9 Å². The van der Waals surface area contributed by atoms with E-state index in [-0.39, 0.29) is 11.3 Å². The van der Waals surface area contributed by atoms with Gasteiger partial charge >= 0.3 is 0 Å². The maximum atomic E-state index is 14.1. The number of halogens is 3. The number of H-pyrrole nitrogens is 1. The molecule has 6 nitrogen and oxygen atoms in total. The number of fused-ring (bicyclic) bond motifs is 1. The molecule has 0 saturated carbocycles. The topological polar surface area (TPSA) is 78.1 Å². The third-order valence-electron chi connectivity index (χ3n) is 5.11. The van der Waals surface area contributed by atoms with Crippen LogP contribution in [0.3, 0.4) is 0 Å². The number of carbonyl (C=O) groups is 1. The highest BCUT2D eigenvalue weighted by molar-refractivity contribution is 5.86. The van der Waals surface area contributed by atoms with Crippen LogP contribution in [0.15, 0.2) is 54.0 Å². The van der Waals surface area contributed by atoms with Crippen LogP contribution in [-0.4, -0.2) is 34.4 Å². The summed E-state index contributed by atoms with van der Waals surface area (Å²) in [5.74, 6) is -2.80. The molecule has 0 radical (unpaired) electrons. The number of aromatic amines is 1. The van der Waals surface area contributed by atoms with Crippen LogP contribution in [0.25, 0.3) is 10.9 Å². The lowest BCUT2D eigenvalue weighted by atomic mass is 10.0. The lowest BCUT2D eigenvalue weighted by molar-refractivity contribution is -0.127. The van der Waals surface area contributed by atoms with Crippen molar-refractivity contribution in [2.45, 2.75) is 25.4 Å². The number of rotatable bonds is 8. The average molecular weight is 444 g/mol. The molecule has 0 spiro atoms. The Labute approximate surface area is 182 Å². The summed E-state index contributed by atoms with van der Waals surface area (Å²) in [5.41, 5.74) is -0.110. The molecule has 0 fully saturated rings. The molecule has 9 heteroatoms. The van der Waals surface area contributed by atoms with Gasteiger partial charge in [0.1, 0.15) is 23.5 Å². The zero-order valence-electron chi connectivity index (χ0n) is 17.7. The van der Waals surface area contributed by atoms with E-state index in [0.717, 1.165) is 6.20 Å². The second-order valence-corrected chi connectivity index (χ2v) is 7.50. The van der Waals surface area contributed by atoms with Gasteiger partial charge < -0.3 is 10.3 Å². The normalized spacial score (nSPS) is 13.2. The number of pyridine rings is 2. The quantitative estimate of drug-likeness (QED) is 0.519. The number of amides is 1. The first-order valence-corrected chi connectivity index (χ1v) is 9.96. The standard InChI is InChI=1S/C23H23F3N4O2/c1-4-5-8-30(3)21(17-10-14-9-15(24)6-7-19(14)29-22(17)31)23(32)28-13(2)20-18(26)11-16(25)12-27-20/h4,6-7,9-13,21H,1,5,8H2,2-3H3,(H,28,32)(H,29,31). The van der Waals surface area contributed by atoms with Gasteiger partial charge in [-0.05, 0) is 44.7 Å². The van der Waals surface area contributed by atoms with Crippen LogP contribution in [0.2, 0.25) is 0 Å². The maximum absolute atomic E-state index is 14.1. The zero-order valence-corrected chi connectivity index (χ0v) is 17.7. The molecule has 2 heterocycles. The highest BCUT2D eigenvalue weighted by Gasteiger charge is 2.29. The second-order valence-electron chi connectivity index (χ2n) is 7.50. The van der Waals surface area contributed by atoms with Crippen molar-refractivity contribution in [2.24, 2.45) is 0 Å². The van der Waals surface area contributed by atoms with Gasteiger partial charge in [-0.15, -0.1) is 6.58 Å². The zero-order chi connectivity index (χ0) is 23.4. The van der Waals surface area contributed by atoms with E-state index in [1.54, 1.807) is 18.0 Å². The summed E-state index contributed by atoms with van der Waals surface area (Å²) in [4.78, 5) is 34.1. The van der Waals surface area contributed by atoms with E-state index in [4.69, 9.17) is 0 Å². The molecular weight excluding hydrogens is 421 g/mol. The molecular formula is C23H23F3N4O2. The van der Waals surface area contributed by atoms with Crippen molar-refractivity contribution < 1.29 is 18.0 Å². The van der Waals surface area contributed by atoms with Crippen LogP contribution < -0.4 is 10.9 Å². The number of nitrogens with zero attached hydrogens (tertiary/aromatic N) is 2. The average Bonchev–Trinajstić information content (AvgIpc) is 2.72. The van der Waals surface area contributed by atoms with Gasteiger partial charge in [-0.25, -0.2) is 13.2 Å². The molecule has 2 aromatic heterocycles. The minimum atomic E-state index is -1.06. The fourth-order valence-electron chi connectivity index (χ4n) is 3.50. The van der Waals surface area contributed by atoms with Crippen molar-refractivity contribution >= 4 is 16.8 Å². The van der Waals surface area contributed by atoms with Crippen molar-refractivity contribution in [3.05, 3.63) is 88.2 Å². The molecule has 1 aromatic carbocycles. The highest BCUT2D eigenvalue weighted by atomic mass is 19.1. The number of hydrogen-bond acceptors (Lipinski definition) is 4. The lowest BCUT2D eigenvalue weighted by Gasteiger charge is -2.28. The van der Waals surface area contributed by atoms with Crippen LogP contribution >= 0.6 is 0 Å². The molecule has 0 aliphatic carbocycles. The van der Waals surface area contributed by atoms with Crippen LogP contribution in [0.4, 0.5) is 13.2 Å². The Morgan fingerprint density at radius 2 is 2.00 bits per heavy atom. The van der Waals surface area contributed by atoms with Gasteiger partial charge in [0.2, 0.25) is 5.91 Å². The summed E-state index contributed by atoms with van der Waals surface area (Å²) in [6, 6.07) is 4.12. The molecule has 0 aliphatic heterocycles. The van der Waals surface area contributed by atoms with Gasteiger partial charge in [0.25, 0.3) is 5.56 Å². The summed E-state index contributed by atoms with van der Waals surface area (Å²) in [6.45, 7) is 5.57. The Morgan fingerprint density at radius 3 is 2.69 bits per heavy atom. The predicted octanol–water partition coefficient (Wildman–Crippen LogP) is 3.77. The third-order valence-corrected chi connectivity index (χ3v) is 5.11. The minimum absolute atomic E-state index is 0.104. The molecule has 32 heavy (non-hydrogen) atoms. The summed E-state index contributed by atoms with van der Waals surface area (Å²) in [7, 11) is 1.66. The van der Waals surface area contributed by atoms with Crippen LogP contribution in [-0.2, 0) is 4.79 Å². The van der Waals surface area contributed by atoms with Gasteiger partial charge in [-0.3, -0.25) is 19.5 Å². The summed E-state index contributed by atoms with van der Waals surface area (Å²) in [5, 5.41) is 3.07. The number of likely N-dealkylation sites (N-methyl/N-ethyl adjacent to an activating group) is 1. The van der Waals surface area contributed by atoms with Crippen molar-refractivity contribution in [1.29, 1.82) is 0 Å². The lowest BCUT2D eigenvalue weighted by Crippen LogP contribution is -2.42. The molecule has 1 amide bonds. The summed E-state index contributed by atoms with van der Waals surface area (Å²) >= 11 is 0. The fourth-order valence-corrected chi connectivity index (χ4v) is 3.50. The molecule has 0 bridgehead atoms. The first-order chi connectivity index (χ1) is 15.2. The van der Waals surface area contributed by atoms with Gasteiger partial charge in [0.15, 0.2) is 0 Å². The number of benzene rings is 1. The van der Waals surface area contributed by atoms with E-state index >= 15 is 0 Å². The molecule has 2 atom stereocenters. The first-order valence-electron chi connectivity index (χ1n) is 9.96. The monoisotopic (exact) mass is 444 g/mol. The smallest absolute Gasteiger partial charge is 0.253 e. The Kier molecular flexibility index (Phi) is 7.09.